The van der Waals surface area contributed by atoms with Gasteiger partial charge in [0.2, 0.25) is 11.2 Å². The lowest BCUT2D eigenvalue weighted by molar-refractivity contribution is 0.0682. The maximum absolute atomic E-state index is 14.7. The molecule has 0 amide bonds. The zero-order valence-electron chi connectivity index (χ0n) is 17.5. The predicted octanol–water partition coefficient (Wildman–Crippen LogP) is 4.39. The Morgan fingerprint density at radius 1 is 1.03 bits per heavy atom. The molecule has 7 nitrogen and oxygen atoms in total. The predicted molar refractivity (Wildman–Crippen MR) is 128 cm³/mol. The molecule has 0 aliphatic carbocycles. The molecule has 4 aromatic rings. The van der Waals surface area contributed by atoms with E-state index in [9.17, 15) is 19.1 Å². The van der Waals surface area contributed by atoms with Gasteiger partial charge in [-0.25, -0.2) is 14.2 Å². The Bertz CT molecular complexity index is 1370. The van der Waals surface area contributed by atoms with Crippen LogP contribution in [0.2, 0.25) is 0 Å². The van der Waals surface area contributed by atoms with Gasteiger partial charge in [0.25, 0.3) is 0 Å². The maximum Gasteiger partial charge on any atom is 0.356 e. The molecule has 0 atom stereocenters. The summed E-state index contributed by atoms with van der Waals surface area (Å²) >= 11 is 0. The number of nitrogens with one attached hydrogen (secondary N) is 2. The number of carbonyl (C=O) groups is 1. The lowest BCUT2D eigenvalue weighted by atomic mass is 10.1. The number of anilines is 2. The minimum absolute atomic E-state index is 0.0902. The third-order valence-corrected chi connectivity index (χ3v) is 4.99. The number of pyridine rings is 2. The Balaban J connectivity index is 1.67. The number of benzene rings is 2. The molecule has 0 bridgehead atoms. The van der Waals surface area contributed by atoms with Crippen molar-refractivity contribution in [3.63, 3.8) is 0 Å². The van der Waals surface area contributed by atoms with Crippen LogP contribution in [-0.4, -0.2) is 33.7 Å². The Morgan fingerprint density at radius 3 is 2.52 bits per heavy atom. The van der Waals surface area contributed by atoms with Gasteiger partial charge in [-0.3, -0.25) is 4.79 Å². The van der Waals surface area contributed by atoms with E-state index in [2.05, 4.69) is 15.6 Å². The zero-order chi connectivity index (χ0) is 23.2. The average Bonchev–Trinajstić information content (AvgIpc) is 2.84. The number of aromatic nitrogens is 2. The number of nitrogens with zero attached hydrogens (tertiary/aromatic N) is 2. The molecule has 0 spiro atoms. The summed E-state index contributed by atoms with van der Waals surface area (Å²) in [5, 5.41) is 16.1. The molecule has 2 aromatic carbocycles. The van der Waals surface area contributed by atoms with Crippen molar-refractivity contribution in [2.75, 3.05) is 23.7 Å². The van der Waals surface area contributed by atoms with E-state index in [1.807, 2.05) is 48.5 Å². The molecule has 0 saturated carbocycles. The van der Waals surface area contributed by atoms with Crippen molar-refractivity contribution in [1.82, 2.24) is 9.55 Å². The molecule has 0 unspecified atom stereocenters. The summed E-state index contributed by atoms with van der Waals surface area (Å²) in [6, 6.07) is 19.6. The number of halogens is 1. The number of fused-ring (bicyclic) bond motifs is 1. The number of hydrogen-bond acceptors (Lipinski definition) is 5. The van der Waals surface area contributed by atoms with Gasteiger partial charge in [0, 0.05) is 36.6 Å². The minimum atomic E-state index is -1.53. The van der Waals surface area contributed by atoms with Crippen molar-refractivity contribution in [2.45, 2.75) is 0 Å². The second-order valence-electron chi connectivity index (χ2n) is 7.19. The van der Waals surface area contributed by atoms with E-state index in [0.29, 0.717) is 18.8 Å². The van der Waals surface area contributed by atoms with E-state index < -0.39 is 22.9 Å². The van der Waals surface area contributed by atoms with E-state index in [1.165, 1.54) is 16.8 Å². The van der Waals surface area contributed by atoms with Crippen molar-refractivity contribution in [2.24, 2.45) is 0 Å². The van der Waals surface area contributed by atoms with Crippen LogP contribution in [0, 0.1) is 5.82 Å². The maximum atomic E-state index is 14.7. The van der Waals surface area contributed by atoms with Crippen LogP contribution in [0.4, 0.5) is 15.9 Å². The Kier molecular flexibility index (Phi) is 6.45. The molecule has 2 aromatic heterocycles. The van der Waals surface area contributed by atoms with E-state index in [0.717, 1.165) is 11.4 Å². The fourth-order valence-corrected chi connectivity index (χ4v) is 3.43. The Labute approximate surface area is 188 Å². The molecule has 4 rings (SSSR count). The smallest absolute Gasteiger partial charge is 0.356 e. The molecule has 0 saturated heterocycles. The average molecular weight is 444 g/mol. The first-order chi connectivity index (χ1) is 16.0. The molecule has 8 heteroatoms. The number of carboxylic acids is 1. The molecule has 0 fully saturated rings. The van der Waals surface area contributed by atoms with Gasteiger partial charge in [0.05, 0.1) is 5.52 Å². The highest BCUT2D eigenvalue weighted by atomic mass is 19.1. The summed E-state index contributed by atoms with van der Waals surface area (Å²) in [6.45, 7) is 1.12. The molecule has 166 valence electrons. The molecule has 33 heavy (non-hydrogen) atoms. The molecule has 2 heterocycles. The highest BCUT2D eigenvalue weighted by Crippen LogP contribution is 2.21. The third-order valence-electron chi connectivity index (χ3n) is 4.99. The van der Waals surface area contributed by atoms with Gasteiger partial charge in [0.15, 0.2) is 5.69 Å². The first-order valence-electron chi connectivity index (χ1n) is 10.3. The van der Waals surface area contributed by atoms with Gasteiger partial charge in [-0.05, 0) is 42.0 Å². The third kappa shape index (κ3) is 4.90. The van der Waals surface area contributed by atoms with Gasteiger partial charge in [-0.2, -0.15) is 0 Å². The van der Waals surface area contributed by atoms with Crippen molar-refractivity contribution in [1.29, 1.82) is 0 Å². The monoisotopic (exact) mass is 444 g/mol. The second kappa shape index (κ2) is 9.78. The minimum Gasteiger partial charge on any atom is -0.476 e. The molecular formula is C25H21FN4O3. The van der Waals surface area contributed by atoms with Crippen molar-refractivity contribution < 1.29 is 14.3 Å². The SMILES string of the molecule is O=C(O)c1c(F)c(=O)c2ccc(NCCNc3ccccn3)cc2n1C=Cc1ccccc1. The van der Waals surface area contributed by atoms with Gasteiger partial charge in [0.1, 0.15) is 5.82 Å². The molecule has 0 radical (unpaired) electrons. The van der Waals surface area contributed by atoms with Crippen LogP contribution in [0.25, 0.3) is 23.2 Å². The van der Waals surface area contributed by atoms with Crippen LogP contribution in [0.15, 0.2) is 77.7 Å². The van der Waals surface area contributed by atoms with E-state index in [-0.39, 0.29) is 10.9 Å². The second-order valence-corrected chi connectivity index (χ2v) is 7.19. The lowest BCUT2D eigenvalue weighted by Crippen LogP contribution is -2.21. The molecule has 0 aliphatic rings. The first-order valence-corrected chi connectivity index (χ1v) is 10.3. The van der Waals surface area contributed by atoms with Gasteiger partial charge >= 0.3 is 5.97 Å². The van der Waals surface area contributed by atoms with Gasteiger partial charge < -0.3 is 20.3 Å². The first kappa shape index (κ1) is 21.8. The fraction of sp³-hybridized carbons (Fsp3) is 0.0800. The van der Waals surface area contributed by atoms with Crippen LogP contribution in [-0.2, 0) is 0 Å². The topological polar surface area (TPSA) is 96.2 Å². The fourth-order valence-electron chi connectivity index (χ4n) is 3.43. The molecule has 0 aliphatic heterocycles. The number of carboxylic acid groups (broad SMARTS) is 1. The lowest BCUT2D eigenvalue weighted by Gasteiger charge is -2.14. The van der Waals surface area contributed by atoms with E-state index in [1.54, 1.807) is 24.4 Å². The molecular weight excluding hydrogens is 423 g/mol. The van der Waals surface area contributed by atoms with E-state index in [4.69, 9.17) is 0 Å². The molecule has 3 N–H and O–H groups in total. The van der Waals surface area contributed by atoms with Crippen LogP contribution < -0.4 is 16.1 Å². The van der Waals surface area contributed by atoms with Crippen molar-refractivity contribution in [3.8, 4) is 0 Å². The Hall–Kier alpha value is -4.46. The summed E-state index contributed by atoms with van der Waals surface area (Å²) in [5.41, 5.74) is 0.0861. The largest absolute Gasteiger partial charge is 0.476 e. The van der Waals surface area contributed by atoms with Gasteiger partial charge in [-0.15, -0.1) is 0 Å². The summed E-state index contributed by atoms with van der Waals surface area (Å²) in [6.07, 6.45) is 4.81. The highest BCUT2D eigenvalue weighted by molar-refractivity contribution is 5.94. The summed E-state index contributed by atoms with van der Waals surface area (Å²) < 4.78 is 15.9. The van der Waals surface area contributed by atoms with Gasteiger partial charge in [-0.1, -0.05) is 36.4 Å². The number of hydrogen-bond donors (Lipinski definition) is 3. The number of rotatable bonds is 8. The quantitative estimate of drug-likeness (QED) is 0.349. The Morgan fingerprint density at radius 2 is 1.79 bits per heavy atom. The zero-order valence-corrected chi connectivity index (χ0v) is 17.5. The summed E-state index contributed by atoms with van der Waals surface area (Å²) in [4.78, 5) is 28.5. The van der Waals surface area contributed by atoms with E-state index >= 15 is 0 Å². The van der Waals surface area contributed by atoms with Crippen LogP contribution in [0.1, 0.15) is 16.1 Å². The summed E-state index contributed by atoms with van der Waals surface area (Å²) in [7, 11) is 0. The van der Waals surface area contributed by atoms with Crippen LogP contribution in [0.3, 0.4) is 0 Å². The normalized spacial score (nSPS) is 11.1. The highest BCUT2D eigenvalue weighted by Gasteiger charge is 2.21. The van der Waals surface area contributed by atoms with Crippen LogP contribution in [0.5, 0.6) is 0 Å². The van der Waals surface area contributed by atoms with Crippen molar-refractivity contribution in [3.05, 3.63) is 100 Å². The van der Waals surface area contributed by atoms with Crippen LogP contribution >= 0.6 is 0 Å². The number of aromatic carboxylic acids is 1. The van der Waals surface area contributed by atoms with Crippen molar-refractivity contribution >= 4 is 40.7 Å². The summed E-state index contributed by atoms with van der Waals surface area (Å²) in [5.74, 6) is -2.07. The standard InChI is InChI=1S/C25H21FN4O3/c26-22-23(25(32)33)30(15-11-17-6-2-1-3-7-17)20-16-18(9-10-19(20)24(22)31)27-13-14-29-21-8-4-5-12-28-21/h1-12,15-16,27H,13-14H2,(H,28,29)(H,32,33).